The third-order valence-electron chi connectivity index (χ3n) is 2.13. The van der Waals surface area contributed by atoms with Crippen molar-refractivity contribution in [2.45, 2.75) is 6.43 Å². The van der Waals surface area contributed by atoms with Gasteiger partial charge in [0.25, 0.3) is 12.1 Å². The molecule has 0 aromatic heterocycles. The smallest absolute Gasteiger partial charge is 0.340 e. The molecule has 1 N–H and O–H groups in total. The first-order chi connectivity index (χ1) is 8.86. The van der Waals surface area contributed by atoms with Gasteiger partial charge in [0.2, 0.25) is 0 Å². The fraction of sp³-hybridized carbons (Fsp3) is 0.300. The van der Waals surface area contributed by atoms with E-state index >= 15 is 0 Å². The minimum Gasteiger partial charge on any atom is -0.465 e. The van der Waals surface area contributed by atoms with Crippen molar-refractivity contribution in [1.82, 2.24) is 0 Å². The SMILES string of the molecule is COC(=O)c1cc(NCC(F)F)c([N+](=O)[O-])cc1F. The molecule has 0 spiro atoms. The summed E-state index contributed by atoms with van der Waals surface area (Å²) in [6.07, 6.45) is -2.76. The third kappa shape index (κ3) is 3.57. The Morgan fingerprint density at radius 3 is 2.63 bits per heavy atom. The molecule has 0 aliphatic rings. The minimum atomic E-state index is -2.76. The highest BCUT2D eigenvalue weighted by molar-refractivity contribution is 5.91. The van der Waals surface area contributed by atoms with Crippen molar-refractivity contribution in [2.75, 3.05) is 19.0 Å². The largest absolute Gasteiger partial charge is 0.465 e. The average molecular weight is 278 g/mol. The number of carbonyl (C=O) groups is 1. The van der Waals surface area contributed by atoms with Gasteiger partial charge in [-0.15, -0.1) is 0 Å². The van der Waals surface area contributed by atoms with Crippen LogP contribution in [-0.2, 0) is 4.74 Å². The molecular formula is C10H9F3N2O4. The summed E-state index contributed by atoms with van der Waals surface area (Å²) in [6, 6.07) is 1.24. The van der Waals surface area contributed by atoms with Crippen LogP contribution in [0.15, 0.2) is 12.1 Å². The highest BCUT2D eigenvalue weighted by Gasteiger charge is 2.22. The number of alkyl halides is 2. The predicted octanol–water partition coefficient (Wildman–Crippen LogP) is 2.20. The zero-order valence-corrected chi connectivity index (χ0v) is 9.65. The van der Waals surface area contributed by atoms with E-state index in [0.717, 1.165) is 13.2 Å². The number of halogens is 3. The van der Waals surface area contributed by atoms with Crippen molar-refractivity contribution < 1.29 is 27.6 Å². The van der Waals surface area contributed by atoms with Crippen LogP contribution in [0.1, 0.15) is 10.4 Å². The van der Waals surface area contributed by atoms with Crippen molar-refractivity contribution in [3.63, 3.8) is 0 Å². The maximum Gasteiger partial charge on any atom is 0.340 e. The van der Waals surface area contributed by atoms with Crippen LogP contribution in [0.2, 0.25) is 0 Å². The summed E-state index contributed by atoms with van der Waals surface area (Å²) in [5.74, 6) is -2.23. The molecule has 104 valence electrons. The van der Waals surface area contributed by atoms with Gasteiger partial charge in [-0.25, -0.2) is 18.0 Å². The molecule has 0 unspecified atom stereocenters. The second kappa shape index (κ2) is 6.03. The lowest BCUT2D eigenvalue weighted by Crippen LogP contribution is -2.13. The topological polar surface area (TPSA) is 81.5 Å². The van der Waals surface area contributed by atoms with Crippen LogP contribution in [0.5, 0.6) is 0 Å². The van der Waals surface area contributed by atoms with E-state index in [1.807, 2.05) is 0 Å². The van der Waals surface area contributed by atoms with Crippen molar-refractivity contribution in [1.29, 1.82) is 0 Å². The number of hydrogen-bond donors (Lipinski definition) is 1. The van der Waals surface area contributed by atoms with Crippen molar-refractivity contribution in [2.24, 2.45) is 0 Å². The van der Waals surface area contributed by atoms with E-state index in [-0.39, 0.29) is 5.69 Å². The summed E-state index contributed by atoms with van der Waals surface area (Å²) in [7, 11) is 0.995. The zero-order chi connectivity index (χ0) is 14.6. The number of nitro benzene ring substituents is 1. The maximum atomic E-state index is 13.4. The van der Waals surface area contributed by atoms with E-state index in [4.69, 9.17) is 0 Å². The molecule has 1 aromatic rings. The number of nitro groups is 1. The number of ether oxygens (including phenoxy) is 1. The maximum absolute atomic E-state index is 13.4. The molecule has 19 heavy (non-hydrogen) atoms. The predicted molar refractivity (Wildman–Crippen MR) is 58.9 cm³/mol. The Hall–Kier alpha value is -2.32. The van der Waals surface area contributed by atoms with Gasteiger partial charge < -0.3 is 10.1 Å². The lowest BCUT2D eigenvalue weighted by molar-refractivity contribution is -0.384. The highest BCUT2D eigenvalue weighted by atomic mass is 19.3. The molecule has 1 aromatic carbocycles. The number of benzene rings is 1. The first-order valence-electron chi connectivity index (χ1n) is 4.95. The molecule has 0 atom stereocenters. The molecule has 0 heterocycles. The molecule has 0 fully saturated rings. The molecule has 0 saturated heterocycles. The Morgan fingerprint density at radius 1 is 1.53 bits per heavy atom. The number of nitrogens with zero attached hydrogens (tertiary/aromatic N) is 1. The van der Waals surface area contributed by atoms with E-state index in [2.05, 4.69) is 10.1 Å². The van der Waals surface area contributed by atoms with Crippen LogP contribution < -0.4 is 5.32 Å². The Bertz CT molecular complexity index is 508. The van der Waals surface area contributed by atoms with Gasteiger partial charge in [-0.3, -0.25) is 10.1 Å². The Kier molecular flexibility index (Phi) is 4.67. The summed E-state index contributed by atoms with van der Waals surface area (Å²) in [5, 5.41) is 12.7. The van der Waals surface area contributed by atoms with Gasteiger partial charge in [-0.05, 0) is 6.07 Å². The Labute approximate surface area is 105 Å². The van der Waals surface area contributed by atoms with Gasteiger partial charge in [0.15, 0.2) is 0 Å². The van der Waals surface area contributed by atoms with Gasteiger partial charge in [0, 0.05) is 0 Å². The monoisotopic (exact) mass is 278 g/mol. The lowest BCUT2D eigenvalue weighted by Gasteiger charge is -2.09. The standard InChI is InChI=1S/C10H9F3N2O4/c1-19-10(16)5-2-7(14-4-9(12)13)8(15(17)18)3-6(5)11/h2-3,9,14H,4H2,1H3. The first kappa shape index (κ1) is 14.7. The first-order valence-corrected chi connectivity index (χ1v) is 4.95. The van der Waals surface area contributed by atoms with Crippen LogP contribution in [0.25, 0.3) is 0 Å². The molecular weight excluding hydrogens is 269 g/mol. The summed E-state index contributed by atoms with van der Waals surface area (Å²) < 4.78 is 41.8. The molecule has 0 bridgehead atoms. The average Bonchev–Trinajstić information content (AvgIpc) is 2.35. The molecule has 0 aliphatic heterocycles. The number of nitrogens with one attached hydrogen (secondary N) is 1. The number of esters is 1. The summed E-state index contributed by atoms with van der Waals surface area (Å²) in [6.45, 7) is -0.868. The normalized spacial score (nSPS) is 10.4. The van der Waals surface area contributed by atoms with E-state index in [1.165, 1.54) is 0 Å². The van der Waals surface area contributed by atoms with Gasteiger partial charge in [-0.1, -0.05) is 0 Å². The molecule has 9 heteroatoms. The molecule has 0 aliphatic carbocycles. The van der Waals surface area contributed by atoms with Crippen molar-refractivity contribution >= 4 is 17.3 Å². The third-order valence-corrected chi connectivity index (χ3v) is 2.13. The number of rotatable bonds is 5. The van der Waals surface area contributed by atoms with Crippen molar-refractivity contribution in [3.8, 4) is 0 Å². The van der Waals surface area contributed by atoms with Gasteiger partial charge in [0.1, 0.15) is 11.5 Å². The van der Waals surface area contributed by atoms with Gasteiger partial charge >= 0.3 is 5.97 Å². The van der Waals surface area contributed by atoms with Crippen LogP contribution >= 0.6 is 0 Å². The second-order valence-corrected chi connectivity index (χ2v) is 3.37. The van der Waals surface area contributed by atoms with E-state index in [0.29, 0.717) is 6.07 Å². The Morgan fingerprint density at radius 2 is 2.16 bits per heavy atom. The van der Waals surface area contributed by atoms with Crippen LogP contribution in [-0.4, -0.2) is 31.0 Å². The van der Waals surface area contributed by atoms with E-state index in [1.54, 1.807) is 0 Å². The van der Waals surface area contributed by atoms with Crippen LogP contribution in [0.4, 0.5) is 24.5 Å². The van der Waals surface area contributed by atoms with Crippen molar-refractivity contribution in [3.05, 3.63) is 33.6 Å². The summed E-state index contributed by atoms with van der Waals surface area (Å²) in [5.41, 5.74) is -1.71. The number of methoxy groups -OCH3 is 1. The Balaban J connectivity index is 3.23. The number of hydrogen-bond acceptors (Lipinski definition) is 5. The zero-order valence-electron chi connectivity index (χ0n) is 9.65. The van der Waals surface area contributed by atoms with E-state index < -0.39 is 40.9 Å². The number of anilines is 1. The molecule has 1 rings (SSSR count). The lowest BCUT2D eigenvalue weighted by atomic mass is 10.1. The molecule has 0 radical (unpaired) electrons. The van der Waals surface area contributed by atoms with Crippen LogP contribution in [0, 0.1) is 15.9 Å². The minimum absolute atomic E-state index is 0.382. The molecule has 6 nitrogen and oxygen atoms in total. The highest BCUT2D eigenvalue weighted by Crippen LogP contribution is 2.28. The quantitative estimate of drug-likeness (QED) is 0.507. The number of carbonyl (C=O) groups excluding carboxylic acids is 1. The van der Waals surface area contributed by atoms with Gasteiger partial charge in [0.05, 0.1) is 30.2 Å². The molecule has 0 amide bonds. The molecule has 0 saturated carbocycles. The van der Waals surface area contributed by atoms with E-state index in [9.17, 15) is 28.1 Å². The van der Waals surface area contributed by atoms with Gasteiger partial charge in [-0.2, -0.15) is 0 Å². The summed E-state index contributed by atoms with van der Waals surface area (Å²) >= 11 is 0. The fourth-order valence-corrected chi connectivity index (χ4v) is 1.31. The second-order valence-electron chi connectivity index (χ2n) is 3.37. The van der Waals surface area contributed by atoms with Crippen LogP contribution in [0.3, 0.4) is 0 Å². The summed E-state index contributed by atoms with van der Waals surface area (Å²) in [4.78, 5) is 20.9. The fourth-order valence-electron chi connectivity index (χ4n) is 1.31.